The highest BCUT2D eigenvalue weighted by molar-refractivity contribution is 6.93. The van der Waals surface area contributed by atoms with Crippen molar-refractivity contribution in [3.05, 3.63) is 13.2 Å². The van der Waals surface area contributed by atoms with Gasteiger partial charge < -0.3 is 0 Å². The summed E-state index contributed by atoms with van der Waals surface area (Å²) in [5.74, 6) is 0. The van der Waals surface area contributed by atoms with Crippen LogP contribution in [0.15, 0.2) is 13.2 Å². The third-order valence-corrected chi connectivity index (χ3v) is 5.81. The average Bonchev–Trinajstić information content (AvgIpc) is 2.56. The number of hydrogen-bond donors (Lipinski definition) is 0. The van der Waals surface area contributed by atoms with Gasteiger partial charge in [0, 0.05) is 0 Å². The van der Waals surface area contributed by atoms with Crippen LogP contribution >= 0.6 is 11.1 Å². The van der Waals surface area contributed by atoms with Crippen molar-refractivity contribution in [3.8, 4) is 0 Å². The molecule has 0 aromatic rings. The van der Waals surface area contributed by atoms with Gasteiger partial charge in [0.1, 0.15) is 8.83 Å². The van der Waals surface area contributed by atoms with Crippen LogP contribution in [0.5, 0.6) is 0 Å². The SMILES string of the molecule is C=C.CCCCCCCCCCCCCCCCCC[SiH2]Cl. The van der Waals surface area contributed by atoms with Gasteiger partial charge in [-0.05, 0) is 6.04 Å². The number of rotatable bonds is 17. The lowest BCUT2D eigenvalue weighted by Gasteiger charge is -2.03. The van der Waals surface area contributed by atoms with Crippen LogP contribution in [0.3, 0.4) is 0 Å². The van der Waals surface area contributed by atoms with Crippen LogP contribution in [0, 0.1) is 0 Å². The van der Waals surface area contributed by atoms with Gasteiger partial charge in [-0.15, -0.1) is 13.2 Å². The maximum atomic E-state index is 5.81. The van der Waals surface area contributed by atoms with Gasteiger partial charge in [-0.25, -0.2) is 0 Å². The molecule has 0 aliphatic rings. The zero-order valence-corrected chi connectivity index (χ0v) is 17.7. The molecule has 0 aromatic heterocycles. The molecule has 0 saturated carbocycles. The van der Waals surface area contributed by atoms with E-state index in [0.29, 0.717) is 0 Å². The van der Waals surface area contributed by atoms with Crippen molar-refractivity contribution in [2.24, 2.45) is 0 Å². The monoisotopic (exact) mass is 346 g/mol. The Morgan fingerprint density at radius 3 is 1.09 bits per heavy atom. The van der Waals surface area contributed by atoms with Gasteiger partial charge >= 0.3 is 0 Å². The Labute approximate surface area is 149 Å². The molecule has 0 rings (SSSR count). The molecular formula is C20H43ClSi. The minimum atomic E-state index is -0.178. The second-order valence-corrected chi connectivity index (χ2v) is 8.56. The second kappa shape index (κ2) is 26.2. The number of hydrogen-bond acceptors (Lipinski definition) is 0. The molecule has 0 aromatic carbocycles. The van der Waals surface area contributed by atoms with Crippen molar-refractivity contribution in [1.82, 2.24) is 0 Å². The van der Waals surface area contributed by atoms with Crippen molar-refractivity contribution in [2.75, 3.05) is 0 Å². The summed E-state index contributed by atoms with van der Waals surface area (Å²) < 4.78 is 0. The van der Waals surface area contributed by atoms with Crippen LogP contribution in [0.2, 0.25) is 6.04 Å². The van der Waals surface area contributed by atoms with Gasteiger partial charge in [0.05, 0.1) is 0 Å². The van der Waals surface area contributed by atoms with Gasteiger partial charge in [0.15, 0.2) is 0 Å². The van der Waals surface area contributed by atoms with E-state index < -0.39 is 0 Å². The minimum absolute atomic E-state index is 0.178. The van der Waals surface area contributed by atoms with Crippen molar-refractivity contribution in [1.29, 1.82) is 0 Å². The Morgan fingerprint density at radius 2 is 0.818 bits per heavy atom. The first-order valence-electron chi connectivity index (χ1n) is 9.97. The number of unbranched alkanes of at least 4 members (excludes halogenated alkanes) is 15. The molecule has 0 radical (unpaired) electrons. The molecule has 0 fully saturated rings. The van der Waals surface area contributed by atoms with Crippen molar-refractivity contribution in [3.63, 3.8) is 0 Å². The average molecular weight is 347 g/mol. The van der Waals surface area contributed by atoms with Crippen LogP contribution in [0.1, 0.15) is 110 Å². The molecule has 0 unspecified atom stereocenters. The van der Waals surface area contributed by atoms with Gasteiger partial charge in [-0.3, -0.25) is 0 Å². The first-order chi connectivity index (χ1) is 10.9. The van der Waals surface area contributed by atoms with Crippen LogP contribution in [0.4, 0.5) is 0 Å². The summed E-state index contributed by atoms with van der Waals surface area (Å²) in [5.41, 5.74) is 0. The number of halogens is 1. The third-order valence-electron chi connectivity index (χ3n) is 4.24. The van der Waals surface area contributed by atoms with Crippen molar-refractivity contribution >= 4 is 19.9 Å². The Kier molecular flexibility index (Phi) is 29.1. The van der Waals surface area contributed by atoms with Gasteiger partial charge in [0.25, 0.3) is 0 Å². The predicted molar refractivity (Wildman–Crippen MR) is 110 cm³/mol. The van der Waals surface area contributed by atoms with E-state index in [9.17, 15) is 0 Å². The molecule has 22 heavy (non-hydrogen) atoms. The predicted octanol–water partition coefficient (Wildman–Crippen LogP) is 7.79. The summed E-state index contributed by atoms with van der Waals surface area (Å²) in [6, 6.07) is 1.35. The van der Waals surface area contributed by atoms with E-state index in [1.807, 2.05) is 0 Å². The van der Waals surface area contributed by atoms with E-state index in [1.165, 1.54) is 109 Å². The molecule has 0 bridgehead atoms. The van der Waals surface area contributed by atoms with E-state index in [0.717, 1.165) is 0 Å². The van der Waals surface area contributed by atoms with Gasteiger partial charge in [-0.2, -0.15) is 11.1 Å². The molecule has 0 heterocycles. The lowest BCUT2D eigenvalue weighted by Crippen LogP contribution is -1.84. The summed E-state index contributed by atoms with van der Waals surface area (Å²) in [6.45, 7) is 8.29. The van der Waals surface area contributed by atoms with Crippen molar-refractivity contribution < 1.29 is 0 Å². The third kappa shape index (κ3) is 25.2. The molecular weight excluding hydrogens is 304 g/mol. The Hall–Kier alpha value is 0.247. The fourth-order valence-corrected chi connectivity index (χ4v) is 3.93. The Bertz CT molecular complexity index is 155. The standard InChI is InChI=1S/C18H39ClSi.C2H4/c1-2-3-4-5-6-7-8-9-10-11-12-13-14-15-16-17-18-20-19;1-2/h2-18,20H2,1H3;1-2H2. The highest BCUT2D eigenvalue weighted by atomic mass is 35.6. The lowest BCUT2D eigenvalue weighted by molar-refractivity contribution is 0.531. The normalized spacial score (nSPS) is 10.8. The van der Waals surface area contributed by atoms with Crippen LogP contribution in [-0.2, 0) is 0 Å². The lowest BCUT2D eigenvalue weighted by atomic mass is 10.0. The molecule has 0 N–H and O–H groups in total. The first kappa shape index (κ1) is 24.5. The summed E-state index contributed by atoms with van der Waals surface area (Å²) >= 11 is 5.81. The van der Waals surface area contributed by atoms with Crippen LogP contribution in [0.25, 0.3) is 0 Å². The van der Waals surface area contributed by atoms with Crippen LogP contribution in [-0.4, -0.2) is 8.83 Å². The zero-order valence-electron chi connectivity index (χ0n) is 15.5. The molecule has 0 aliphatic carbocycles. The van der Waals surface area contributed by atoms with Gasteiger partial charge in [-0.1, -0.05) is 110 Å². The van der Waals surface area contributed by atoms with Gasteiger partial charge in [0.2, 0.25) is 0 Å². The molecule has 0 amide bonds. The van der Waals surface area contributed by atoms with Crippen molar-refractivity contribution in [2.45, 2.75) is 116 Å². The molecule has 0 atom stereocenters. The van der Waals surface area contributed by atoms with Crippen LogP contribution < -0.4 is 0 Å². The topological polar surface area (TPSA) is 0 Å². The highest BCUT2D eigenvalue weighted by Crippen LogP contribution is 2.13. The maximum absolute atomic E-state index is 5.81. The zero-order chi connectivity index (χ0) is 16.7. The Morgan fingerprint density at radius 1 is 0.545 bits per heavy atom. The van der Waals surface area contributed by atoms with E-state index in [-0.39, 0.29) is 8.83 Å². The molecule has 2 heteroatoms. The molecule has 0 nitrogen and oxygen atoms in total. The highest BCUT2D eigenvalue weighted by Gasteiger charge is 1.94. The largest absolute Gasteiger partial charge is 0.176 e. The summed E-state index contributed by atoms with van der Waals surface area (Å²) in [4.78, 5) is 0. The fourth-order valence-electron chi connectivity index (χ4n) is 2.82. The summed E-state index contributed by atoms with van der Waals surface area (Å²) in [5, 5.41) is 0. The summed E-state index contributed by atoms with van der Waals surface area (Å²) in [7, 11) is -0.178. The van der Waals surface area contributed by atoms with E-state index in [1.54, 1.807) is 0 Å². The quantitative estimate of drug-likeness (QED) is 0.109. The molecule has 0 spiro atoms. The summed E-state index contributed by atoms with van der Waals surface area (Å²) in [6.07, 6.45) is 23.3. The molecule has 0 saturated heterocycles. The second-order valence-electron chi connectivity index (χ2n) is 6.35. The fraction of sp³-hybridized carbons (Fsp3) is 0.900. The molecule has 134 valence electrons. The van der Waals surface area contributed by atoms with E-state index >= 15 is 0 Å². The maximum Gasteiger partial charge on any atom is 0.125 e. The first-order valence-corrected chi connectivity index (χ1v) is 13.1. The smallest absolute Gasteiger partial charge is 0.125 e. The molecule has 0 aliphatic heterocycles. The Balaban J connectivity index is 0. The van der Waals surface area contributed by atoms with E-state index in [2.05, 4.69) is 20.1 Å². The van der Waals surface area contributed by atoms with E-state index in [4.69, 9.17) is 11.1 Å². The minimum Gasteiger partial charge on any atom is -0.176 e.